The molecule has 2 aromatic rings. The number of nitrogens with zero attached hydrogens (tertiary/aromatic N) is 3. The number of carbonyl (C=O) groups is 2. The van der Waals surface area contributed by atoms with Gasteiger partial charge in [0, 0.05) is 18.9 Å². The summed E-state index contributed by atoms with van der Waals surface area (Å²) in [6.07, 6.45) is 2.61. The summed E-state index contributed by atoms with van der Waals surface area (Å²) in [5.74, 6) is -0.740. The molecule has 0 N–H and O–H groups in total. The van der Waals surface area contributed by atoms with E-state index in [0.717, 1.165) is 11.3 Å². The van der Waals surface area contributed by atoms with Crippen LogP contribution in [0.1, 0.15) is 25.5 Å². The Morgan fingerprint density at radius 2 is 1.73 bits per heavy atom. The number of hydroxylamine groups is 1. The molecular formula is C20H21N3O3. The summed E-state index contributed by atoms with van der Waals surface area (Å²) in [7, 11) is 0. The zero-order chi connectivity index (χ0) is 18.3. The zero-order valence-corrected chi connectivity index (χ0v) is 14.8. The summed E-state index contributed by atoms with van der Waals surface area (Å²) in [4.78, 5) is 37.4. The first-order valence-electron chi connectivity index (χ1n) is 8.84. The van der Waals surface area contributed by atoms with Gasteiger partial charge in [-0.3, -0.25) is 24.3 Å². The van der Waals surface area contributed by atoms with Gasteiger partial charge in [0.1, 0.15) is 5.92 Å². The molecule has 0 bridgehead atoms. The van der Waals surface area contributed by atoms with Crippen molar-refractivity contribution in [2.45, 2.75) is 26.0 Å². The number of benzene rings is 1. The lowest BCUT2D eigenvalue weighted by molar-refractivity contribution is -0.143. The molecule has 6 heteroatoms. The highest BCUT2D eigenvalue weighted by molar-refractivity contribution is 6.07. The fourth-order valence-corrected chi connectivity index (χ4v) is 3.72. The topological polar surface area (TPSA) is 62.7 Å². The van der Waals surface area contributed by atoms with Crippen LogP contribution in [0.4, 0.5) is 5.69 Å². The van der Waals surface area contributed by atoms with Crippen molar-refractivity contribution in [2.75, 3.05) is 11.6 Å². The standard InChI is InChI=1S/C20H21N3O3/c1-13(2)12-22-19(24)16-17(14-8-10-21-11-9-14)23(26-18(16)20(22)25)15-6-4-3-5-7-15/h3-11,13,16-18H,12H2,1-2H3. The van der Waals surface area contributed by atoms with E-state index in [-0.39, 0.29) is 23.8 Å². The van der Waals surface area contributed by atoms with Crippen LogP contribution in [-0.4, -0.2) is 34.3 Å². The lowest BCUT2D eigenvalue weighted by Crippen LogP contribution is -2.39. The Morgan fingerprint density at radius 3 is 2.38 bits per heavy atom. The average molecular weight is 351 g/mol. The van der Waals surface area contributed by atoms with Gasteiger partial charge in [0.05, 0.1) is 11.7 Å². The van der Waals surface area contributed by atoms with Crippen LogP contribution in [-0.2, 0) is 14.4 Å². The van der Waals surface area contributed by atoms with E-state index < -0.39 is 12.0 Å². The minimum absolute atomic E-state index is 0.158. The second-order valence-electron chi connectivity index (χ2n) is 7.12. The number of hydrogen-bond donors (Lipinski definition) is 0. The highest BCUT2D eigenvalue weighted by atomic mass is 16.7. The number of pyridine rings is 1. The Kier molecular flexibility index (Phi) is 4.20. The molecule has 2 fully saturated rings. The Balaban J connectivity index is 1.75. The van der Waals surface area contributed by atoms with E-state index >= 15 is 0 Å². The number of imide groups is 1. The highest BCUT2D eigenvalue weighted by Gasteiger charge is 2.59. The maximum atomic E-state index is 13.1. The first-order valence-corrected chi connectivity index (χ1v) is 8.84. The Bertz CT molecular complexity index is 810. The third-order valence-corrected chi connectivity index (χ3v) is 4.81. The molecule has 0 spiro atoms. The van der Waals surface area contributed by atoms with E-state index in [2.05, 4.69) is 4.98 Å². The Labute approximate surface area is 152 Å². The van der Waals surface area contributed by atoms with Crippen molar-refractivity contribution in [3.05, 3.63) is 60.4 Å². The molecule has 0 aliphatic carbocycles. The molecule has 3 heterocycles. The maximum absolute atomic E-state index is 13.1. The summed E-state index contributed by atoms with van der Waals surface area (Å²) in [5, 5.41) is 1.70. The third-order valence-electron chi connectivity index (χ3n) is 4.81. The molecule has 0 radical (unpaired) electrons. The van der Waals surface area contributed by atoms with Crippen LogP contribution in [0.25, 0.3) is 0 Å². The summed E-state index contributed by atoms with van der Waals surface area (Å²) in [6, 6.07) is 12.9. The van der Waals surface area contributed by atoms with E-state index in [9.17, 15) is 9.59 Å². The van der Waals surface area contributed by atoms with Crippen LogP contribution in [0.15, 0.2) is 54.9 Å². The fourth-order valence-electron chi connectivity index (χ4n) is 3.72. The number of carbonyl (C=O) groups excluding carboxylic acids is 2. The molecule has 134 valence electrons. The molecule has 4 rings (SSSR count). The summed E-state index contributed by atoms with van der Waals surface area (Å²) in [5.41, 5.74) is 1.73. The SMILES string of the molecule is CC(C)CN1C(=O)C2ON(c3ccccc3)C(c3ccncc3)C2C1=O. The quantitative estimate of drug-likeness (QED) is 0.793. The maximum Gasteiger partial charge on any atom is 0.262 e. The monoisotopic (exact) mass is 351 g/mol. The molecule has 2 aliphatic rings. The molecule has 1 aromatic heterocycles. The van der Waals surface area contributed by atoms with Crippen LogP contribution in [0.3, 0.4) is 0 Å². The van der Waals surface area contributed by atoms with Crippen molar-refractivity contribution in [3.63, 3.8) is 0 Å². The minimum Gasteiger partial charge on any atom is -0.280 e. The van der Waals surface area contributed by atoms with E-state index in [1.807, 2.05) is 56.3 Å². The summed E-state index contributed by atoms with van der Waals surface area (Å²) >= 11 is 0. The van der Waals surface area contributed by atoms with Gasteiger partial charge >= 0.3 is 0 Å². The van der Waals surface area contributed by atoms with Crippen molar-refractivity contribution < 1.29 is 14.4 Å². The lowest BCUT2D eigenvalue weighted by Gasteiger charge is -2.29. The van der Waals surface area contributed by atoms with Gasteiger partial charge in [-0.15, -0.1) is 0 Å². The van der Waals surface area contributed by atoms with Crippen molar-refractivity contribution in [1.29, 1.82) is 0 Å². The van der Waals surface area contributed by atoms with Crippen molar-refractivity contribution in [1.82, 2.24) is 9.88 Å². The Hall–Kier alpha value is -2.73. The van der Waals surface area contributed by atoms with Gasteiger partial charge in [0.25, 0.3) is 5.91 Å². The van der Waals surface area contributed by atoms with Crippen LogP contribution in [0.5, 0.6) is 0 Å². The third kappa shape index (κ3) is 2.66. The molecule has 2 amide bonds. The van der Waals surface area contributed by atoms with Crippen LogP contribution in [0, 0.1) is 11.8 Å². The zero-order valence-electron chi connectivity index (χ0n) is 14.8. The summed E-state index contributed by atoms with van der Waals surface area (Å²) in [6.45, 7) is 4.40. The Morgan fingerprint density at radius 1 is 1.04 bits per heavy atom. The molecule has 26 heavy (non-hydrogen) atoms. The number of rotatable bonds is 4. The van der Waals surface area contributed by atoms with Gasteiger partial charge in [-0.2, -0.15) is 0 Å². The van der Waals surface area contributed by atoms with Crippen molar-refractivity contribution >= 4 is 17.5 Å². The predicted octanol–water partition coefficient (Wildman–Crippen LogP) is 2.58. The number of fused-ring (bicyclic) bond motifs is 1. The molecule has 3 atom stereocenters. The molecule has 2 saturated heterocycles. The predicted molar refractivity (Wildman–Crippen MR) is 95.8 cm³/mol. The van der Waals surface area contributed by atoms with Gasteiger partial charge in [-0.05, 0) is 35.7 Å². The summed E-state index contributed by atoms with van der Waals surface area (Å²) < 4.78 is 0. The molecule has 6 nitrogen and oxygen atoms in total. The second kappa shape index (κ2) is 6.53. The van der Waals surface area contributed by atoms with Gasteiger partial charge in [0.15, 0.2) is 6.10 Å². The molecule has 3 unspecified atom stereocenters. The van der Waals surface area contributed by atoms with Crippen LogP contribution in [0.2, 0.25) is 0 Å². The average Bonchev–Trinajstić information content (AvgIpc) is 3.15. The molecular weight excluding hydrogens is 330 g/mol. The van der Waals surface area contributed by atoms with Gasteiger partial charge < -0.3 is 0 Å². The first-order chi connectivity index (χ1) is 12.6. The smallest absolute Gasteiger partial charge is 0.262 e. The molecule has 0 saturated carbocycles. The van der Waals surface area contributed by atoms with Gasteiger partial charge in [0.2, 0.25) is 5.91 Å². The van der Waals surface area contributed by atoms with E-state index in [1.165, 1.54) is 4.90 Å². The fraction of sp³-hybridized carbons (Fsp3) is 0.350. The van der Waals surface area contributed by atoms with E-state index in [0.29, 0.717) is 6.54 Å². The second-order valence-corrected chi connectivity index (χ2v) is 7.12. The van der Waals surface area contributed by atoms with Crippen LogP contribution >= 0.6 is 0 Å². The molecule has 1 aromatic carbocycles. The largest absolute Gasteiger partial charge is 0.280 e. The normalized spacial score (nSPS) is 25.3. The first kappa shape index (κ1) is 16.7. The number of amides is 2. The van der Waals surface area contributed by atoms with Crippen LogP contribution < -0.4 is 5.06 Å². The highest BCUT2D eigenvalue weighted by Crippen LogP contribution is 2.46. The number of anilines is 1. The number of para-hydroxylation sites is 1. The molecule has 2 aliphatic heterocycles. The lowest BCUT2D eigenvalue weighted by atomic mass is 9.91. The van der Waals surface area contributed by atoms with Crippen molar-refractivity contribution in [3.8, 4) is 0 Å². The van der Waals surface area contributed by atoms with E-state index in [4.69, 9.17) is 4.84 Å². The number of aromatic nitrogens is 1. The van der Waals surface area contributed by atoms with Crippen molar-refractivity contribution in [2.24, 2.45) is 11.8 Å². The number of hydrogen-bond acceptors (Lipinski definition) is 5. The van der Waals surface area contributed by atoms with Gasteiger partial charge in [-0.1, -0.05) is 32.0 Å². The van der Waals surface area contributed by atoms with Gasteiger partial charge in [-0.25, -0.2) is 5.06 Å². The minimum atomic E-state index is -0.778. The number of likely N-dealkylation sites (tertiary alicyclic amines) is 1. The van der Waals surface area contributed by atoms with E-state index in [1.54, 1.807) is 17.5 Å².